The molecule has 1 saturated heterocycles. The molecule has 1 aliphatic rings. The molecule has 4 aromatic rings. The van der Waals surface area contributed by atoms with E-state index in [1.165, 1.54) is 10.4 Å². The van der Waals surface area contributed by atoms with Crippen molar-refractivity contribution in [2.45, 2.75) is 16.9 Å². The second-order valence-corrected chi connectivity index (χ2v) is 9.98. The lowest BCUT2D eigenvalue weighted by Gasteiger charge is -2.21. The van der Waals surface area contributed by atoms with Gasteiger partial charge in [0.1, 0.15) is 0 Å². The molecule has 0 spiro atoms. The van der Waals surface area contributed by atoms with Crippen LogP contribution < -0.4 is 5.32 Å². The number of nitrogens with zero attached hydrogens (tertiary/aromatic N) is 2. The van der Waals surface area contributed by atoms with Gasteiger partial charge in [0.15, 0.2) is 11.6 Å². The van der Waals surface area contributed by atoms with Crippen LogP contribution >= 0.6 is 0 Å². The molecule has 8 heteroatoms. The Bertz CT molecular complexity index is 1410. The van der Waals surface area contributed by atoms with Crippen LogP contribution in [-0.2, 0) is 10.0 Å². The van der Waals surface area contributed by atoms with Gasteiger partial charge in [0, 0.05) is 60.0 Å². The maximum atomic E-state index is 13.8. The molecule has 0 radical (unpaired) electrons. The highest BCUT2D eigenvalue weighted by molar-refractivity contribution is 7.89. The first-order valence-electron chi connectivity index (χ1n) is 10.5. The standard InChI is InChI=1S/C25H21F2N3O2S/c26-22-10-9-19(13-23(22)27)29-24-16-30(15-21(24)17-5-2-1-3-6-17)33(31,32)25-8-4-7-18-14-28-12-11-20(18)25/h1-14,21,24,29H,15-16H2/t21-,24-/m0/s1. The van der Waals surface area contributed by atoms with E-state index in [1.807, 2.05) is 36.4 Å². The topological polar surface area (TPSA) is 62.3 Å². The fourth-order valence-electron chi connectivity index (χ4n) is 4.41. The van der Waals surface area contributed by atoms with Crippen molar-refractivity contribution in [3.63, 3.8) is 0 Å². The summed E-state index contributed by atoms with van der Waals surface area (Å²) in [5.74, 6) is -2.06. The molecule has 5 rings (SSSR count). The number of fused-ring (bicyclic) bond motifs is 1. The average Bonchev–Trinajstić information content (AvgIpc) is 3.26. The maximum Gasteiger partial charge on any atom is 0.243 e. The van der Waals surface area contributed by atoms with Crippen LogP contribution in [0.4, 0.5) is 14.5 Å². The molecule has 2 heterocycles. The Balaban J connectivity index is 1.51. The molecule has 1 N–H and O–H groups in total. The number of benzene rings is 3. The minimum Gasteiger partial charge on any atom is -0.380 e. The number of pyridine rings is 1. The van der Waals surface area contributed by atoms with Gasteiger partial charge in [0.25, 0.3) is 0 Å². The number of sulfonamides is 1. The van der Waals surface area contributed by atoms with E-state index >= 15 is 0 Å². The molecule has 0 aliphatic carbocycles. The lowest BCUT2D eigenvalue weighted by molar-refractivity contribution is 0.472. The number of rotatable bonds is 5. The smallest absolute Gasteiger partial charge is 0.243 e. The van der Waals surface area contributed by atoms with Crippen molar-refractivity contribution < 1.29 is 17.2 Å². The lowest BCUT2D eigenvalue weighted by Crippen LogP contribution is -2.32. The lowest BCUT2D eigenvalue weighted by atomic mass is 9.94. The average molecular weight is 466 g/mol. The predicted molar refractivity (Wildman–Crippen MR) is 123 cm³/mol. The minimum absolute atomic E-state index is 0.175. The molecule has 0 saturated carbocycles. The molecule has 3 aromatic carbocycles. The number of anilines is 1. The van der Waals surface area contributed by atoms with E-state index in [0.29, 0.717) is 11.1 Å². The fourth-order valence-corrected chi connectivity index (χ4v) is 6.11. The number of hydrogen-bond acceptors (Lipinski definition) is 4. The highest BCUT2D eigenvalue weighted by Gasteiger charge is 2.40. The van der Waals surface area contributed by atoms with Crippen molar-refractivity contribution in [3.05, 3.63) is 102 Å². The highest BCUT2D eigenvalue weighted by atomic mass is 32.2. The Labute approximate surface area is 190 Å². The Hall–Kier alpha value is -3.36. The third-order valence-corrected chi connectivity index (χ3v) is 7.93. The molecule has 1 aliphatic heterocycles. The largest absolute Gasteiger partial charge is 0.380 e. The van der Waals surface area contributed by atoms with Gasteiger partial charge in [-0.15, -0.1) is 0 Å². The summed E-state index contributed by atoms with van der Waals surface area (Å²) in [4.78, 5) is 4.31. The van der Waals surface area contributed by atoms with E-state index in [2.05, 4.69) is 10.3 Å². The summed E-state index contributed by atoms with van der Waals surface area (Å²) < 4.78 is 56.0. The third kappa shape index (κ3) is 4.07. The third-order valence-electron chi connectivity index (χ3n) is 6.04. The second-order valence-electron chi connectivity index (χ2n) is 8.07. The van der Waals surface area contributed by atoms with Crippen molar-refractivity contribution >= 4 is 26.5 Å². The fraction of sp³-hybridized carbons (Fsp3) is 0.160. The van der Waals surface area contributed by atoms with E-state index in [9.17, 15) is 17.2 Å². The van der Waals surface area contributed by atoms with E-state index in [-0.39, 0.29) is 29.9 Å². The van der Waals surface area contributed by atoms with Gasteiger partial charge >= 0.3 is 0 Å². The first-order chi connectivity index (χ1) is 15.9. The number of nitrogens with one attached hydrogen (secondary N) is 1. The predicted octanol–water partition coefficient (Wildman–Crippen LogP) is 4.78. The SMILES string of the molecule is O=S(=O)(c1cccc2cnccc12)N1C[C@H](Nc2ccc(F)c(F)c2)[C@H](c2ccccc2)C1. The van der Waals surface area contributed by atoms with Gasteiger partial charge in [-0.2, -0.15) is 4.31 Å². The zero-order chi connectivity index (χ0) is 23.0. The van der Waals surface area contributed by atoms with Gasteiger partial charge in [0.2, 0.25) is 10.0 Å². The molecular formula is C25H21F2N3O2S. The Kier molecular flexibility index (Phi) is 5.55. The number of hydrogen-bond donors (Lipinski definition) is 1. The summed E-state index contributed by atoms with van der Waals surface area (Å²) in [6.07, 6.45) is 3.21. The van der Waals surface area contributed by atoms with Gasteiger partial charge in [0.05, 0.1) is 4.90 Å². The molecule has 0 unspecified atom stereocenters. The van der Waals surface area contributed by atoms with Crippen LogP contribution in [0, 0.1) is 11.6 Å². The van der Waals surface area contributed by atoms with Gasteiger partial charge in [-0.05, 0) is 29.8 Å². The molecule has 0 amide bonds. The van der Waals surface area contributed by atoms with Gasteiger partial charge in [-0.3, -0.25) is 4.98 Å². The second kappa shape index (κ2) is 8.53. The molecule has 168 valence electrons. The van der Waals surface area contributed by atoms with Crippen molar-refractivity contribution in [2.24, 2.45) is 0 Å². The van der Waals surface area contributed by atoms with Crippen LogP contribution in [0.2, 0.25) is 0 Å². The number of aromatic nitrogens is 1. The Morgan fingerprint density at radius 1 is 0.909 bits per heavy atom. The number of halogens is 2. The van der Waals surface area contributed by atoms with Crippen LogP contribution in [0.1, 0.15) is 11.5 Å². The maximum absolute atomic E-state index is 13.8. The van der Waals surface area contributed by atoms with Gasteiger partial charge in [-0.1, -0.05) is 42.5 Å². The Morgan fingerprint density at radius 2 is 1.73 bits per heavy atom. The molecule has 33 heavy (non-hydrogen) atoms. The van der Waals surface area contributed by atoms with E-state index in [0.717, 1.165) is 23.1 Å². The van der Waals surface area contributed by atoms with Crippen LogP contribution in [0.25, 0.3) is 10.8 Å². The van der Waals surface area contributed by atoms with E-state index in [4.69, 9.17) is 0 Å². The Morgan fingerprint density at radius 3 is 2.52 bits per heavy atom. The molecule has 5 nitrogen and oxygen atoms in total. The summed E-state index contributed by atoms with van der Waals surface area (Å²) >= 11 is 0. The van der Waals surface area contributed by atoms with Crippen molar-refractivity contribution in [3.8, 4) is 0 Å². The monoisotopic (exact) mass is 465 g/mol. The van der Waals surface area contributed by atoms with Gasteiger partial charge in [-0.25, -0.2) is 17.2 Å². The van der Waals surface area contributed by atoms with Crippen molar-refractivity contribution in [1.82, 2.24) is 9.29 Å². The first-order valence-corrected chi connectivity index (χ1v) is 12.0. The van der Waals surface area contributed by atoms with Crippen molar-refractivity contribution in [2.75, 3.05) is 18.4 Å². The minimum atomic E-state index is -3.81. The van der Waals surface area contributed by atoms with E-state index < -0.39 is 21.7 Å². The summed E-state index contributed by atoms with van der Waals surface area (Å²) in [6.45, 7) is 0.442. The van der Waals surface area contributed by atoms with Gasteiger partial charge < -0.3 is 5.32 Å². The molecular weight excluding hydrogens is 444 g/mol. The van der Waals surface area contributed by atoms with Crippen LogP contribution in [0.15, 0.2) is 90.1 Å². The van der Waals surface area contributed by atoms with E-state index in [1.54, 1.807) is 30.6 Å². The summed E-state index contributed by atoms with van der Waals surface area (Å²) in [5, 5.41) is 4.58. The quantitative estimate of drug-likeness (QED) is 0.461. The first kappa shape index (κ1) is 21.5. The highest BCUT2D eigenvalue weighted by Crippen LogP contribution is 2.35. The van der Waals surface area contributed by atoms with Crippen LogP contribution in [0.3, 0.4) is 0 Å². The normalized spacial score (nSPS) is 19.1. The summed E-state index contributed by atoms with van der Waals surface area (Å²) in [7, 11) is -3.81. The summed E-state index contributed by atoms with van der Waals surface area (Å²) in [6, 6.07) is 19.7. The molecule has 1 aromatic heterocycles. The summed E-state index contributed by atoms with van der Waals surface area (Å²) in [5.41, 5.74) is 1.37. The van der Waals surface area contributed by atoms with Crippen LogP contribution in [0.5, 0.6) is 0 Å². The molecule has 0 bridgehead atoms. The zero-order valence-electron chi connectivity index (χ0n) is 17.5. The van der Waals surface area contributed by atoms with Crippen LogP contribution in [-0.4, -0.2) is 36.8 Å². The molecule has 1 fully saturated rings. The zero-order valence-corrected chi connectivity index (χ0v) is 18.3. The van der Waals surface area contributed by atoms with Crippen molar-refractivity contribution in [1.29, 1.82) is 0 Å². The molecule has 2 atom stereocenters.